The number of rotatable bonds is 4. The molecule has 0 radical (unpaired) electrons. The molecular weight excluding hydrogens is 246 g/mol. The average molecular weight is 268 g/mol. The molecule has 2 rings (SSSR count). The van der Waals surface area contributed by atoms with E-state index < -0.39 is 0 Å². The second kappa shape index (κ2) is 6.44. The smallest absolute Gasteiger partial charge is 0.140 e. The van der Waals surface area contributed by atoms with Crippen LogP contribution in [-0.2, 0) is 19.3 Å². The van der Waals surface area contributed by atoms with Gasteiger partial charge in [-0.2, -0.15) is 0 Å². The zero-order valence-electron chi connectivity index (χ0n) is 11.3. The summed E-state index contributed by atoms with van der Waals surface area (Å²) in [5.74, 6) is 0.882. The fraction of sp³-hybridized carbons (Fsp3) is 0.600. The van der Waals surface area contributed by atoms with Crippen LogP contribution in [0.2, 0.25) is 5.02 Å². The highest BCUT2D eigenvalue weighted by Gasteiger charge is 2.18. The number of hydrogen-bond acceptors (Lipinski definition) is 2. The van der Waals surface area contributed by atoms with Crippen LogP contribution in [0.25, 0.3) is 0 Å². The molecule has 1 aliphatic carbocycles. The van der Waals surface area contributed by atoms with Gasteiger partial charge >= 0.3 is 0 Å². The van der Waals surface area contributed by atoms with E-state index in [4.69, 9.17) is 16.3 Å². The molecule has 1 aromatic carbocycles. The van der Waals surface area contributed by atoms with E-state index >= 15 is 0 Å². The van der Waals surface area contributed by atoms with E-state index in [9.17, 15) is 0 Å². The Labute approximate surface area is 115 Å². The van der Waals surface area contributed by atoms with E-state index in [2.05, 4.69) is 11.4 Å². The molecule has 0 saturated heterocycles. The van der Waals surface area contributed by atoms with Crippen LogP contribution in [0.5, 0.6) is 5.75 Å². The Morgan fingerprint density at radius 2 is 2.06 bits per heavy atom. The molecule has 100 valence electrons. The fourth-order valence-electron chi connectivity index (χ4n) is 2.84. The van der Waals surface area contributed by atoms with Crippen molar-refractivity contribution < 1.29 is 4.74 Å². The quantitative estimate of drug-likeness (QED) is 0.845. The molecule has 1 aliphatic rings. The summed E-state index contributed by atoms with van der Waals surface area (Å²) in [4.78, 5) is 0. The molecule has 0 aromatic heterocycles. The molecule has 0 amide bonds. The van der Waals surface area contributed by atoms with Crippen LogP contribution >= 0.6 is 11.6 Å². The van der Waals surface area contributed by atoms with Gasteiger partial charge in [0.2, 0.25) is 0 Å². The third-order valence-electron chi connectivity index (χ3n) is 3.75. The van der Waals surface area contributed by atoms with Crippen LogP contribution in [0.4, 0.5) is 0 Å². The number of aryl methyl sites for hydroxylation is 1. The van der Waals surface area contributed by atoms with E-state index in [0.29, 0.717) is 0 Å². The highest BCUT2D eigenvalue weighted by Crippen LogP contribution is 2.36. The van der Waals surface area contributed by atoms with Gasteiger partial charge in [0.1, 0.15) is 5.75 Å². The molecule has 0 spiro atoms. The summed E-state index contributed by atoms with van der Waals surface area (Å²) < 4.78 is 5.52. The number of likely N-dealkylation sites (N-methyl/N-ethyl adjacent to an activating group) is 1. The van der Waals surface area contributed by atoms with Crippen molar-refractivity contribution in [2.24, 2.45) is 0 Å². The SMILES string of the molecule is CNCCc1c2c(cc(Cl)c1OC)CCCCC2. The Bertz CT molecular complexity index is 417. The van der Waals surface area contributed by atoms with Crippen molar-refractivity contribution in [2.45, 2.75) is 38.5 Å². The maximum atomic E-state index is 6.35. The molecule has 0 aliphatic heterocycles. The third-order valence-corrected chi connectivity index (χ3v) is 4.03. The van der Waals surface area contributed by atoms with Gasteiger partial charge in [0.05, 0.1) is 12.1 Å². The van der Waals surface area contributed by atoms with Gasteiger partial charge in [0, 0.05) is 5.56 Å². The lowest BCUT2D eigenvalue weighted by Crippen LogP contribution is -2.13. The zero-order chi connectivity index (χ0) is 13.0. The van der Waals surface area contributed by atoms with Crippen molar-refractivity contribution in [1.29, 1.82) is 0 Å². The molecule has 0 unspecified atom stereocenters. The fourth-order valence-corrected chi connectivity index (χ4v) is 3.17. The summed E-state index contributed by atoms with van der Waals surface area (Å²) in [7, 11) is 3.70. The van der Waals surface area contributed by atoms with Gasteiger partial charge in [-0.3, -0.25) is 0 Å². The Hall–Kier alpha value is -0.730. The molecule has 18 heavy (non-hydrogen) atoms. The summed E-state index contributed by atoms with van der Waals surface area (Å²) >= 11 is 6.35. The average Bonchev–Trinajstić information content (AvgIpc) is 2.60. The number of ether oxygens (including phenoxy) is 1. The molecule has 3 heteroatoms. The lowest BCUT2D eigenvalue weighted by Gasteiger charge is -2.18. The largest absolute Gasteiger partial charge is 0.495 e. The van der Waals surface area contributed by atoms with Gasteiger partial charge < -0.3 is 10.1 Å². The molecule has 0 saturated carbocycles. The van der Waals surface area contributed by atoms with Crippen molar-refractivity contribution >= 4 is 11.6 Å². The number of halogens is 1. The third kappa shape index (κ3) is 2.81. The van der Waals surface area contributed by atoms with Crippen LogP contribution in [-0.4, -0.2) is 20.7 Å². The molecule has 0 fully saturated rings. The summed E-state index contributed by atoms with van der Waals surface area (Å²) in [5, 5.41) is 3.98. The zero-order valence-corrected chi connectivity index (χ0v) is 12.1. The van der Waals surface area contributed by atoms with Crippen molar-refractivity contribution in [3.8, 4) is 5.75 Å². The number of benzene rings is 1. The maximum Gasteiger partial charge on any atom is 0.140 e. The Kier molecular flexibility index (Phi) is 4.90. The lowest BCUT2D eigenvalue weighted by atomic mass is 9.94. The van der Waals surface area contributed by atoms with Gasteiger partial charge in [-0.15, -0.1) is 0 Å². The first-order valence-corrected chi connectivity index (χ1v) is 7.17. The first kappa shape index (κ1) is 13.7. The summed E-state index contributed by atoms with van der Waals surface area (Å²) in [6.07, 6.45) is 7.20. The molecule has 0 bridgehead atoms. The van der Waals surface area contributed by atoms with Gasteiger partial charge in [0.15, 0.2) is 0 Å². The lowest BCUT2D eigenvalue weighted by molar-refractivity contribution is 0.408. The number of methoxy groups -OCH3 is 1. The number of hydrogen-bond donors (Lipinski definition) is 1. The highest BCUT2D eigenvalue weighted by molar-refractivity contribution is 6.32. The maximum absolute atomic E-state index is 6.35. The standard InChI is InChI=1S/C15H22ClNO/c1-17-9-8-13-12-7-5-3-4-6-11(12)10-14(16)15(13)18-2/h10,17H,3-9H2,1-2H3. The van der Waals surface area contributed by atoms with Crippen LogP contribution in [0.15, 0.2) is 6.07 Å². The van der Waals surface area contributed by atoms with Gasteiger partial charge in [-0.05, 0) is 62.9 Å². The van der Waals surface area contributed by atoms with Crippen molar-refractivity contribution in [3.05, 3.63) is 27.8 Å². The van der Waals surface area contributed by atoms with Crippen LogP contribution in [0, 0.1) is 0 Å². The first-order chi connectivity index (χ1) is 8.77. The van der Waals surface area contributed by atoms with Gasteiger partial charge in [0.25, 0.3) is 0 Å². The minimum Gasteiger partial charge on any atom is -0.495 e. The van der Waals surface area contributed by atoms with Crippen molar-refractivity contribution in [2.75, 3.05) is 20.7 Å². The van der Waals surface area contributed by atoms with E-state index in [1.807, 2.05) is 7.05 Å². The Balaban J connectivity index is 2.46. The van der Waals surface area contributed by atoms with Gasteiger partial charge in [-0.1, -0.05) is 18.0 Å². The predicted molar refractivity (Wildman–Crippen MR) is 76.9 cm³/mol. The van der Waals surface area contributed by atoms with E-state index in [1.54, 1.807) is 7.11 Å². The second-order valence-electron chi connectivity index (χ2n) is 4.92. The second-order valence-corrected chi connectivity index (χ2v) is 5.33. The molecular formula is C15H22ClNO. The highest BCUT2D eigenvalue weighted by atomic mass is 35.5. The van der Waals surface area contributed by atoms with Crippen molar-refractivity contribution in [3.63, 3.8) is 0 Å². The molecule has 0 atom stereocenters. The van der Waals surface area contributed by atoms with Crippen LogP contribution in [0.1, 0.15) is 36.0 Å². The predicted octanol–water partition coefficient (Wildman–Crippen LogP) is 3.38. The summed E-state index contributed by atoms with van der Waals surface area (Å²) in [5.41, 5.74) is 4.24. The molecule has 1 aromatic rings. The van der Waals surface area contributed by atoms with Crippen LogP contribution < -0.4 is 10.1 Å². The molecule has 1 N–H and O–H groups in total. The first-order valence-electron chi connectivity index (χ1n) is 6.79. The number of fused-ring (bicyclic) bond motifs is 1. The van der Waals surface area contributed by atoms with E-state index in [1.165, 1.54) is 42.4 Å². The van der Waals surface area contributed by atoms with E-state index in [0.717, 1.165) is 30.2 Å². The summed E-state index contributed by atoms with van der Waals surface area (Å²) in [6.45, 7) is 0.961. The minimum atomic E-state index is 0.768. The Morgan fingerprint density at radius 3 is 2.78 bits per heavy atom. The van der Waals surface area contributed by atoms with Crippen molar-refractivity contribution in [1.82, 2.24) is 5.32 Å². The van der Waals surface area contributed by atoms with E-state index in [-0.39, 0.29) is 0 Å². The minimum absolute atomic E-state index is 0.768. The topological polar surface area (TPSA) is 21.3 Å². The normalized spacial score (nSPS) is 15.1. The Morgan fingerprint density at radius 1 is 1.28 bits per heavy atom. The van der Waals surface area contributed by atoms with Gasteiger partial charge in [-0.25, -0.2) is 0 Å². The van der Waals surface area contributed by atoms with Crippen LogP contribution in [0.3, 0.4) is 0 Å². The summed E-state index contributed by atoms with van der Waals surface area (Å²) in [6, 6.07) is 2.11. The molecule has 0 heterocycles. The number of nitrogens with one attached hydrogen (secondary N) is 1. The molecule has 2 nitrogen and oxygen atoms in total. The monoisotopic (exact) mass is 267 g/mol.